The summed E-state index contributed by atoms with van der Waals surface area (Å²) in [6.45, 7) is 4.49. The Morgan fingerprint density at radius 1 is 0.549 bits per heavy atom. The van der Waals surface area contributed by atoms with Gasteiger partial charge in [0, 0.05) is 17.0 Å². The van der Waals surface area contributed by atoms with Crippen LogP contribution in [-0.2, 0) is 7.05 Å². The fraction of sp³-hybridized carbons (Fsp3) is 0.0870. The Balaban J connectivity index is 1.38. The summed E-state index contributed by atoms with van der Waals surface area (Å²) in [6, 6.07) is 60.6. The van der Waals surface area contributed by atoms with Gasteiger partial charge in [0.1, 0.15) is 11.5 Å². The van der Waals surface area contributed by atoms with Crippen LogP contribution in [0.2, 0.25) is 0 Å². The van der Waals surface area contributed by atoms with Crippen LogP contribution in [0.25, 0.3) is 44.3 Å². The van der Waals surface area contributed by atoms with Crippen molar-refractivity contribution >= 4 is 61.7 Å². The molecule has 0 aliphatic rings. The number of para-hydroxylation sites is 3. The van der Waals surface area contributed by atoms with E-state index in [0.717, 1.165) is 11.5 Å². The van der Waals surface area contributed by atoms with Crippen LogP contribution in [0.4, 0.5) is 0 Å². The topological polar surface area (TPSA) is 26.6 Å². The van der Waals surface area contributed by atoms with Gasteiger partial charge in [-0.1, -0.05) is 129 Å². The van der Waals surface area contributed by atoms with Crippen LogP contribution in [0.1, 0.15) is 25.3 Å². The molecule has 0 saturated carbocycles. The Morgan fingerprint density at radius 3 is 1.92 bits per heavy atom. The quantitative estimate of drug-likeness (QED) is 0.0980. The highest BCUT2D eigenvalue weighted by molar-refractivity contribution is 7.20. The SMILES string of the molecule is CC(C)c1ccnc(-n2c3ccccc3c3ccc([Si](c4ccccc4)(c4ccccc4)c4cccc(-n5c[n+](C)c6ccccc65)c4)cc32)c1. The van der Waals surface area contributed by atoms with E-state index in [9.17, 15) is 0 Å². The smallest absolute Gasteiger partial charge is 0.249 e. The molecule has 9 rings (SSSR count). The minimum Gasteiger partial charge on any atom is -0.294 e. The van der Waals surface area contributed by atoms with Crippen molar-refractivity contribution in [3.8, 4) is 11.5 Å². The highest BCUT2D eigenvalue weighted by Gasteiger charge is 2.42. The Morgan fingerprint density at radius 2 is 1.18 bits per heavy atom. The van der Waals surface area contributed by atoms with Gasteiger partial charge in [0.15, 0.2) is 19.1 Å². The maximum absolute atomic E-state index is 4.97. The van der Waals surface area contributed by atoms with E-state index in [4.69, 9.17) is 4.98 Å². The first-order valence-electron chi connectivity index (χ1n) is 17.7. The molecule has 0 fully saturated rings. The van der Waals surface area contributed by atoms with Crippen molar-refractivity contribution in [3.63, 3.8) is 0 Å². The van der Waals surface area contributed by atoms with E-state index in [2.05, 4.69) is 205 Å². The molecular weight excluding hydrogens is 637 g/mol. The van der Waals surface area contributed by atoms with Crippen LogP contribution in [0.15, 0.2) is 176 Å². The lowest BCUT2D eigenvalue weighted by molar-refractivity contribution is -0.645. The Labute approximate surface area is 299 Å². The van der Waals surface area contributed by atoms with Gasteiger partial charge in [0.25, 0.3) is 0 Å². The van der Waals surface area contributed by atoms with Crippen molar-refractivity contribution < 1.29 is 4.57 Å². The number of nitrogens with zero attached hydrogens (tertiary/aromatic N) is 4. The standard InChI is InChI=1S/C46H39N4Si/c1-33(2)34-27-28-47-46(29-34)50-42-22-11-10-21-40(42)41-26-25-39(31-45(41)50)51(36-16-6-4-7-17-36,37-18-8-5-9-19-37)38-20-14-15-35(30-38)49-32-48(3)43-23-12-13-24-44(43)49/h4-33H,1-3H3/q+1. The van der Waals surface area contributed by atoms with E-state index in [1.54, 1.807) is 0 Å². The number of pyridine rings is 1. The molecule has 246 valence electrons. The number of benzene rings is 6. The molecule has 4 nitrogen and oxygen atoms in total. The predicted octanol–water partition coefficient (Wildman–Crippen LogP) is 7.45. The van der Waals surface area contributed by atoms with E-state index in [1.807, 2.05) is 6.20 Å². The van der Waals surface area contributed by atoms with Gasteiger partial charge < -0.3 is 0 Å². The molecule has 6 aromatic carbocycles. The molecule has 0 N–H and O–H groups in total. The second kappa shape index (κ2) is 12.4. The zero-order chi connectivity index (χ0) is 34.5. The average molecular weight is 676 g/mol. The summed E-state index contributed by atoms with van der Waals surface area (Å²) in [5, 5.41) is 7.82. The largest absolute Gasteiger partial charge is 0.294 e. The van der Waals surface area contributed by atoms with E-state index in [1.165, 1.54) is 59.1 Å². The molecule has 3 aromatic heterocycles. The Kier molecular flexibility index (Phi) is 7.52. The summed E-state index contributed by atoms with van der Waals surface area (Å²) in [7, 11) is -0.777. The first kappa shape index (κ1) is 31.0. The van der Waals surface area contributed by atoms with Crippen molar-refractivity contribution in [1.82, 2.24) is 14.1 Å². The maximum Gasteiger partial charge on any atom is 0.249 e. The number of hydrogen-bond donors (Lipinski definition) is 0. The van der Waals surface area contributed by atoms with Gasteiger partial charge in [-0.3, -0.25) is 4.57 Å². The molecule has 0 amide bonds. The average Bonchev–Trinajstić information content (AvgIpc) is 3.70. The van der Waals surface area contributed by atoms with Gasteiger partial charge in [0.2, 0.25) is 6.33 Å². The summed E-state index contributed by atoms with van der Waals surface area (Å²) in [6.07, 6.45) is 4.15. The van der Waals surface area contributed by atoms with Gasteiger partial charge >= 0.3 is 0 Å². The maximum atomic E-state index is 4.97. The molecule has 0 radical (unpaired) electrons. The van der Waals surface area contributed by atoms with Crippen LogP contribution in [0.3, 0.4) is 0 Å². The predicted molar refractivity (Wildman–Crippen MR) is 214 cm³/mol. The normalized spacial score (nSPS) is 12.0. The molecule has 0 spiro atoms. The van der Waals surface area contributed by atoms with Crippen molar-refractivity contribution in [2.45, 2.75) is 19.8 Å². The molecule has 5 heteroatoms. The van der Waals surface area contributed by atoms with Gasteiger partial charge in [-0.05, 0) is 80.8 Å². The number of imidazole rings is 1. The fourth-order valence-electron chi connectivity index (χ4n) is 8.10. The van der Waals surface area contributed by atoms with Gasteiger partial charge in [0.05, 0.1) is 18.1 Å². The van der Waals surface area contributed by atoms with Crippen molar-refractivity contribution in [2.24, 2.45) is 7.05 Å². The summed E-state index contributed by atoms with van der Waals surface area (Å²) in [4.78, 5) is 4.97. The van der Waals surface area contributed by atoms with E-state index in [0.29, 0.717) is 5.92 Å². The number of aromatic nitrogens is 4. The van der Waals surface area contributed by atoms with E-state index >= 15 is 0 Å². The highest BCUT2D eigenvalue weighted by atomic mass is 28.3. The third-order valence-electron chi connectivity index (χ3n) is 10.6. The van der Waals surface area contributed by atoms with E-state index < -0.39 is 8.07 Å². The number of aryl methyl sites for hydroxylation is 1. The molecule has 0 aliphatic heterocycles. The summed E-state index contributed by atoms with van der Waals surface area (Å²) >= 11 is 0. The zero-order valence-electron chi connectivity index (χ0n) is 29.1. The molecule has 0 unspecified atom stereocenters. The molecule has 0 saturated heterocycles. The molecule has 51 heavy (non-hydrogen) atoms. The highest BCUT2D eigenvalue weighted by Crippen LogP contribution is 2.32. The number of hydrogen-bond acceptors (Lipinski definition) is 1. The van der Waals surface area contributed by atoms with Crippen LogP contribution in [0.5, 0.6) is 0 Å². The first-order chi connectivity index (χ1) is 25.0. The fourth-order valence-corrected chi connectivity index (χ4v) is 12.9. The van der Waals surface area contributed by atoms with Crippen molar-refractivity contribution in [2.75, 3.05) is 0 Å². The van der Waals surface area contributed by atoms with E-state index in [-0.39, 0.29) is 0 Å². The monoisotopic (exact) mass is 675 g/mol. The van der Waals surface area contributed by atoms with Crippen LogP contribution >= 0.6 is 0 Å². The molecule has 0 bridgehead atoms. The van der Waals surface area contributed by atoms with Gasteiger partial charge in [-0.2, -0.15) is 4.57 Å². The lowest BCUT2D eigenvalue weighted by atomic mass is 10.1. The van der Waals surface area contributed by atoms with Gasteiger partial charge in [-0.15, -0.1) is 0 Å². The summed E-state index contributed by atoms with van der Waals surface area (Å²) in [5.74, 6) is 1.35. The van der Waals surface area contributed by atoms with Crippen LogP contribution in [-0.4, -0.2) is 22.2 Å². The Hall–Kier alpha value is -6.04. The van der Waals surface area contributed by atoms with Crippen molar-refractivity contribution in [1.29, 1.82) is 0 Å². The molecule has 3 heterocycles. The minimum absolute atomic E-state index is 0.401. The van der Waals surface area contributed by atoms with Crippen LogP contribution in [0, 0.1) is 0 Å². The third kappa shape index (κ3) is 4.96. The molecule has 0 atom stereocenters. The molecule has 9 aromatic rings. The second-order valence-electron chi connectivity index (χ2n) is 13.8. The van der Waals surface area contributed by atoms with Crippen molar-refractivity contribution in [3.05, 3.63) is 182 Å². The lowest BCUT2D eigenvalue weighted by Crippen LogP contribution is -2.74. The van der Waals surface area contributed by atoms with Crippen LogP contribution < -0.4 is 25.3 Å². The summed E-state index contributed by atoms with van der Waals surface area (Å²) in [5.41, 5.74) is 7.15. The molecule has 0 aliphatic carbocycles. The first-order valence-corrected chi connectivity index (χ1v) is 19.7. The second-order valence-corrected chi connectivity index (χ2v) is 17.6. The number of rotatable bonds is 7. The summed E-state index contributed by atoms with van der Waals surface area (Å²) < 4.78 is 6.90. The minimum atomic E-state index is -2.90. The lowest BCUT2D eigenvalue weighted by Gasteiger charge is -2.34. The Bertz CT molecular complexity index is 2650. The van der Waals surface area contributed by atoms with Gasteiger partial charge in [-0.25, -0.2) is 9.55 Å². The molecular formula is C46H39N4Si+. The zero-order valence-corrected chi connectivity index (χ0v) is 30.1. The third-order valence-corrected chi connectivity index (χ3v) is 15.3. The number of fused-ring (bicyclic) bond motifs is 4.